The summed E-state index contributed by atoms with van der Waals surface area (Å²) in [5, 5.41) is 7.77. The topological polar surface area (TPSA) is 81.4 Å². The number of methoxy groups -OCH3 is 1. The van der Waals surface area contributed by atoms with Crippen LogP contribution in [0.15, 0.2) is 97.2 Å². The molecular formula is C31H26FN5O3. The molecule has 6 rings (SSSR count). The van der Waals surface area contributed by atoms with Crippen molar-refractivity contribution in [2.45, 2.75) is 19.5 Å². The van der Waals surface area contributed by atoms with E-state index in [1.54, 1.807) is 41.3 Å². The van der Waals surface area contributed by atoms with Gasteiger partial charge in [0.15, 0.2) is 0 Å². The fraction of sp³-hybridized carbons (Fsp3) is 0.129. The number of amides is 2. The van der Waals surface area contributed by atoms with E-state index in [4.69, 9.17) is 9.84 Å². The summed E-state index contributed by atoms with van der Waals surface area (Å²) < 4.78 is 22.8. The molecule has 200 valence electrons. The van der Waals surface area contributed by atoms with Gasteiger partial charge in [-0.25, -0.2) is 18.7 Å². The van der Waals surface area contributed by atoms with Crippen LogP contribution >= 0.6 is 0 Å². The van der Waals surface area contributed by atoms with Gasteiger partial charge in [-0.3, -0.25) is 0 Å². The molecule has 0 saturated heterocycles. The van der Waals surface area contributed by atoms with Crippen molar-refractivity contribution < 1.29 is 18.7 Å². The van der Waals surface area contributed by atoms with Crippen LogP contribution in [0, 0.1) is 12.7 Å². The molecule has 0 saturated carbocycles. The minimum Gasteiger partial charge on any atom is -0.465 e. The van der Waals surface area contributed by atoms with Gasteiger partial charge in [0, 0.05) is 11.8 Å². The number of urea groups is 1. The number of benzene rings is 3. The van der Waals surface area contributed by atoms with Gasteiger partial charge in [0.1, 0.15) is 11.6 Å². The molecule has 1 aliphatic rings. The molecule has 5 aromatic rings. The molecular weight excluding hydrogens is 509 g/mol. The first kappa shape index (κ1) is 25.1. The number of esters is 1. The Labute approximate surface area is 230 Å². The second kappa shape index (κ2) is 10.2. The molecule has 1 atom stereocenters. The Morgan fingerprint density at radius 1 is 0.950 bits per heavy atom. The molecule has 1 N–H and O–H groups in total. The number of nitrogens with zero attached hydrogens (tertiary/aromatic N) is 4. The highest BCUT2D eigenvalue weighted by atomic mass is 19.1. The summed E-state index contributed by atoms with van der Waals surface area (Å²) in [4.78, 5) is 28.2. The van der Waals surface area contributed by atoms with E-state index in [-0.39, 0.29) is 17.9 Å². The lowest BCUT2D eigenvalue weighted by atomic mass is 10.0. The van der Waals surface area contributed by atoms with E-state index in [1.165, 1.54) is 19.2 Å². The minimum absolute atomic E-state index is 0.212. The molecule has 2 amide bonds. The van der Waals surface area contributed by atoms with E-state index in [0.717, 1.165) is 34.0 Å². The Balaban J connectivity index is 1.52. The Morgan fingerprint density at radius 3 is 2.42 bits per heavy atom. The minimum atomic E-state index is -0.572. The van der Waals surface area contributed by atoms with Gasteiger partial charge in [0.25, 0.3) is 0 Å². The normalized spacial score (nSPS) is 14.2. The quantitative estimate of drug-likeness (QED) is 0.285. The number of anilines is 1. The van der Waals surface area contributed by atoms with Gasteiger partial charge in [-0.1, -0.05) is 42.5 Å². The average molecular weight is 536 g/mol. The summed E-state index contributed by atoms with van der Waals surface area (Å²) >= 11 is 0. The zero-order chi connectivity index (χ0) is 27.8. The monoisotopic (exact) mass is 535 g/mol. The fourth-order valence-corrected chi connectivity index (χ4v) is 5.21. The maximum Gasteiger partial charge on any atom is 0.339 e. The fourth-order valence-electron chi connectivity index (χ4n) is 5.21. The van der Waals surface area contributed by atoms with E-state index in [1.807, 2.05) is 64.8 Å². The number of nitrogens with one attached hydrogen (secondary N) is 1. The molecule has 0 bridgehead atoms. The molecule has 9 heteroatoms. The Morgan fingerprint density at radius 2 is 1.68 bits per heavy atom. The average Bonchev–Trinajstić information content (AvgIpc) is 3.54. The number of hydrogen-bond acceptors (Lipinski definition) is 4. The van der Waals surface area contributed by atoms with E-state index in [9.17, 15) is 14.0 Å². The van der Waals surface area contributed by atoms with Gasteiger partial charge in [-0.2, -0.15) is 5.10 Å². The molecule has 1 aliphatic heterocycles. The Kier molecular flexibility index (Phi) is 6.39. The van der Waals surface area contributed by atoms with Gasteiger partial charge < -0.3 is 19.5 Å². The van der Waals surface area contributed by atoms with E-state index < -0.39 is 18.0 Å². The molecule has 3 heterocycles. The van der Waals surface area contributed by atoms with Crippen molar-refractivity contribution in [1.29, 1.82) is 0 Å². The zero-order valence-electron chi connectivity index (χ0n) is 21.9. The standard InChI is InChI=1S/C31H26FN5O3/c1-20-25-19-36(31(39)33-26-12-7-6-11-24(26)30(38)40-2)28(21-14-16-22(32)17-15-21)27-13-8-18-35(27)29(25)37(34-20)23-9-4-3-5-10-23/h3-18,28H,19H2,1-2H3,(H,33,39)/t28-/m0/s1. The van der Waals surface area contributed by atoms with Crippen LogP contribution in [-0.4, -0.2) is 38.4 Å². The zero-order valence-corrected chi connectivity index (χ0v) is 21.9. The van der Waals surface area contributed by atoms with Crippen molar-refractivity contribution in [3.8, 4) is 11.5 Å². The predicted molar refractivity (Wildman–Crippen MR) is 148 cm³/mol. The third-order valence-electron chi connectivity index (χ3n) is 7.11. The number of para-hydroxylation sites is 2. The molecule has 8 nitrogen and oxygen atoms in total. The smallest absolute Gasteiger partial charge is 0.339 e. The lowest BCUT2D eigenvalue weighted by Crippen LogP contribution is -2.38. The maximum absolute atomic E-state index is 14.1. The van der Waals surface area contributed by atoms with Crippen LogP contribution in [0.25, 0.3) is 11.5 Å². The van der Waals surface area contributed by atoms with Crippen LogP contribution in [0.1, 0.15) is 38.9 Å². The molecule has 0 unspecified atom stereocenters. The molecule has 0 radical (unpaired) electrons. The van der Waals surface area contributed by atoms with Crippen LogP contribution < -0.4 is 5.32 Å². The summed E-state index contributed by atoms with van der Waals surface area (Å²) in [6, 6.07) is 25.5. The largest absolute Gasteiger partial charge is 0.465 e. The Bertz CT molecular complexity index is 1710. The van der Waals surface area contributed by atoms with Crippen molar-refractivity contribution in [2.24, 2.45) is 0 Å². The SMILES string of the molecule is COC(=O)c1ccccc1NC(=O)N1Cc2c(C)nn(-c3ccccc3)c2-n2cccc2[C@@H]1c1ccc(F)cc1. The number of carbonyl (C=O) groups is 2. The van der Waals surface area contributed by atoms with E-state index in [0.29, 0.717) is 5.69 Å². The lowest BCUT2D eigenvalue weighted by molar-refractivity contribution is 0.0602. The summed E-state index contributed by atoms with van der Waals surface area (Å²) in [6.07, 6.45) is 1.94. The van der Waals surface area contributed by atoms with Crippen LogP contribution in [-0.2, 0) is 11.3 Å². The van der Waals surface area contributed by atoms with Crippen LogP contribution in [0.3, 0.4) is 0 Å². The second-order valence-electron chi connectivity index (χ2n) is 9.49. The summed E-state index contributed by atoms with van der Waals surface area (Å²) in [6.45, 7) is 2.13. The van der Waals surface area contributed by atoms with Crippen molar-refractivity contribution in [3.05, 3.63) is 131 Å². The van der Waals surface area contributed by atoms with Crippen LogP contribution in [0.5, 0.6) is 0 Å². The lowest BCUT2D eigenvalue weighted by Gasteiger charge is -2.31. The van der Waals surface area contributed by atoms with Gasteiger partial charge >= 0.3 is 12.0 Å². The van der Waals surface area contributed by atoms with Crippen molar-refractivity contribution in [3.63, 3.8) is 0 Å². The highest BCUT2D eigenvalue weighted by molar-refractivity contribution is 6.01. The number of hydrogen-bond donors (Lipinski definition) is 1. The number of rotatable bonds is 4. The van der Waals surface area contributed by atoms with Crippen molar-refractivity contribution >= 4 is 17.7 Å². The molecule has 0 spiro atoms. The second-order valence-corrected chi connectivity index (χ2v) is 9.49. The van der Waals surface area contributed by atoms with E-state index in [2.05, 4.69) is 5.32 Å². The summed E-state index contributed by atoms with van der Waals surface area (Å²) in [5.41, 5.74) is 4.62. The number of fused-ring (bicyclic) bond motifs is 3. The first-order chi connectivity index (χ1) is 19.5. The first-order valence-corrected chi connectivity index (χ1v) is 12.8. The van der Waals surface area contributed by atoms with E-state index >= 15 is 0 Å². The van der Waals surface area contributed by atoms with Gasteiger partial charge in [0.2, 0.25) is 0 Å². The number of aryl methyl sites for hydroxylation is 1. The highest BCUT2D eigenvalue weighted by Gasteiger charge is 2.36. The third kappa shape index (κ3) is 4.31. The highest BCUT2D eigenvalue weighted by Crippen LogP contribution is 2.39. The number of carbonyl (C=O) groups excluding carboxylic acids is 2. The van der Waals surface area contributed by atoms with Crippen LogP contribution in [0.2, 0.25) is 0 Å². The molecule has 0 fully saturated rings. The summed E-state index contributed by atoms with van der Waals surface area (Å²) in [5.74, 6) is -0.103. The number of aromatic nitrogens is 3. The van der Waals surface area contributed by atoms with Gasteiger partial charge in [0.05, 0.1) is 48.0 Å². The van der Waals surface area contributed by atoms with Crippen molar-refractivity contribution in [2.75, 3.05) is 12.4 Å². The summed E-state index contributed by atoms with van der Waals surface area (Å²) in [7, 11) is 1.29. The van der Waals surface area contributed by atoms with Gasteiger partial charge in [-0.15, -0.1) is 0 Å². The Hall–Kier alpha value is -5.18. The van der Waals surface area contributed by atoms with Crippen molar-refractivity contribution in [1.82, 2.24) is 19.2 Å². The van der Waals surface area contributed by atoms with Crippen LogP contribution in [0.4, 0.5) is 14.9 Å². The molecule has 40 heavy (non-hydrogen) atoms. The predicted octanol–water partition coefficient (Wildman–Crippen LogP) is 6.03. The van der Waals surface area contributed by atoms with Gasteiger partial charge in [-0.05, 0) is 61.0 Å². The number of halogens is 1. The molecule has 2 aromatic heterocycles. The first-order valence-electron chi connectivity index (χ1n) is 12.8. The maximum atomic E-state index is 14.1. The number of ether oxygens (including phenoxy) is 1. The molecule has 0 aliphatic carbocycles. The molecule has 3 aromatic carbocycles. The third-order valence-corrected chi connectivity index (χ3v) is 7.11.